The van der Waals surface area contributed by atoms with E-state index in [4.69, 9.17) is 5.26 Å². The van der Waals surface area contributed by atoms with Crippen LogP contribution in [0.15, 0.2) is 18.2 Å². The third-order valence-corrected chi connectivity index (χ3v) is 2.68. The molecule has 92 valence electrons. The largest absolute Gasteiger partial charge is 0.287 e. The van der Waals surface area contributed by atoms with Crippen molar-refractivity contribution in [1.29, 1.82) is 5.26 Å². The number of hydrogen-bond donors (Lipinski definition) is 0. The molecular formula is C13H16F2N2. The van der Waals surface area contributed by atoms with Gasteiger partial charge in [0.1, 0.15) is 17.7 Å². The fraction of sp³-hybridized carbons (Fsp3) is 0.462. The minimum atomic E-state index is -0.667. The van der Waals surface area contributed by atoms with Crippen LogP contribution in [0.25, 0.3) is 0 Å². The summed E-state index contributed by atoms with van der Waals surface area (Å²) in [7, 11) is 1.77. The van der Waals surface area contributed by atoms with E-state index in [-0.39, 0.29) is 5.56 Å². The van der Waals surface area contributed by atoms with Crippen molar-refractivity contribution in [3.8, 4) is 6.07 Å². The van der Waals surface area contributed by atoms with Gasteiger partial charge in [-0.3, -0.25) is 4.90 Å². The van der Waals surface area contributed by atoms with Crippen molar-refractivity contribution in [2.24, 2.45) is 0 Å². The van der Waals surface area contributed by atoms with Crippen LogP contribution in [-0.4, -0.2) is 18.5 Å². The Labute approximate surface area is 100 Å². The molecule has 0 aromatic heterocycles. The molecule has 0 aliphatic carbocycles. The maximum Gasteiger partial charge on any atom is 0.131 e. The first-order chi connectivity index (χ1) is 8.10. The number of nitriles is 1. The summed E-state index contributed by atoms with van der Waals surface area (Å²) in [5.41, 5.74) is 0.229. The summed E-state index contributed by atoms with van der Waals surface area (Å²) in [5, 5.41) is 9.09. The van der Waals surface area contributed by atoms with E-state index < -0.39 is 17.7 Å². The van der Waals surface area contributed by atoms with Crippen LogP contribution in [0.5, 0.6) is 0 Å². The van der Waals surface area contributed by atoms with Crippen LogP contribution in [0.2, 0.25) is 0 Å². The highest BCUT2D eigenvalue weighted by molar-refractivity contribution is 5.26. The van der Waals surface area contributed by atoms with E-state index in [1.807, 2.05) is 6.92 Å². The van der Waals surface area contributed by atoms with Crippen LogP contribution >= 0.6 is 0 Å². The molecular weight excluding hydrogens is 222 g/mol. The Morgan fingerprint density at radius 2 is 2.12 bits per heavy atom. The van der Waals surface area contributed by atoms with E-state index in [1.165, 1.54) is 12.1 Å². The Hall–Kier alpha value is -1.47. The van der Waals surface area contributed by atoms with E-state index in [1.54, 1.807) is 11.9 Å². The van der Waals surface area contributed by atoms with E-state index in [0.29, 0.717) is 6.54 Å². The molecule has 0 N–H and O–H groups in total. The monoisotopic (exact) mass is 238 g/mol. The van der Waals surface area contributed by atoms with Crippen molar-refractivity contribution < 1.29 is 8.78 Å². The zero-order valence-corrected chi connectivity index (χ0v) is 10.1. The van der Waals surface area contributed by atoms with Gasteiger partial charge in [0.25, 0.3) is 0 Å². The van der Waals surface area contributed by atoms with Gasteiger partial charge in [-0.1, -0.05) is 19.4 Å². The van der Waals surface area contributed by atoms with Crippen LogP contribution in [0, 0.1) is 23.0 Å². The molecule has 1 aromatic carbocycles. The summed E-state index contributed by atoms with van der Waals surface area (Å²) in [4.78, 5) is 1.78. The molecule has 0 bridgehead atoms. The lowest BCUT2D eigenvalue weighted by Crippen LogP contribution is -2.25. The summed E-state index contributed by atoms with van der Waals surface area (Å²) in [6.45, 7) is 2.76. The fourth-order valence-corrected chi connectivity index (χ4v) is 1.67. The van der Waals surface area contributed by atoms with Crippen molar-refractivity contribution in [2.45, 2.75) is 25.8 Å². The summed E-state index contributed by atoms with van der Waals surface area (Å²) in [5.74, 6) is -1.29. The smallest absolute Gasteiger partial charge is 0.131 e. The number of nitrogens with zero attached hydrogens (tertiary/aromatic N) is 2. The van der Waals surface area contributed by atoms with Gasteiger partial charge in [-0.25, -0.2) is 8.78 Å². The van der Waals surface area contributed by atoms with Crippen LogP contribution in [-0.2, 0) is 0 Å². The number of hydrogen-bond acceptors (Lipinski definition) is 2. The van der Waals surface area contributed by atoms with E-state index in [0.717, 1.165) is 18.9 Å². The normalized spacial score (nSPS) is 12.5. The standard InChI is InChI=1S/C13H16F2N2/c1-3-4-7-17(2)13(9-16)11-6-5-10(14)8-12(11)15/h5-6,8,13H,3-4,7H2,1-2H3. The average molecular weight is 238 g/mol. The van der Waals surface area contributed by atoms with Gasteiger partial charge in [0.05, 0.1) is 6.07 Å². The lowest BCUT2D eigenvalue weighted by Gasteiger charge is -2.22. The Morgan fingerprint density at radius 3 is 2.65 bits per heavy atom. The Kier molecular flexibility index (Phi) is 5.05. The molecule has 0 saturated carbocycles. The summed E-state index contributed by atoms with van der Waals surface area (Å²) in [6.07, 6.45) is 1.95. The molecule has 1 unspecified atom stereocenters. The van der Waals surface area contributed by atoms with Gasteiger partial charge in [-0.05, 0) is 26.1 Å². The molecule has 1 atom stereocenters. The van der Waals surface area contributed by atoms with E-state index in [9.17, 15) is 8.78 Å². The van der Waals surface area contributed by atoms with Gasteiger partial charge in [-0.2, -0.15) is 5.26 Å². The minimum Gasteiger partial charge on any atom is -0.287 e. The number of unbranched alkanes of at least 4 members (excludes halogenated alkanes) is 1. The molecule has 0 aliphatic heterocycles. The van der Waals surface area contributed by atoms with Crippen LogP contribution in [0.1, 0.15) is 31.4 Å². The third kappa shape index (κ3) is 3.50. The maximum absolute atomic E-state index is 13.6. The number of benzene rings is 1. The SMILES string of the molecule is CCCCN(C)C(C#N)c1ccc(F)cc1F. The van der Waals surface area contributed by atoms with Crippen molar-refractivity contribution in [1.82, 2.24) is 4.90 Å². The van der Waals surface area contributed by atoms with Gasteiger partial charge >= 0.3 is 0 Å². The molecule has 4 heteroatoms. The maximum atomic E-state index is 13.6. The van der Waals surface area contributed by atoms with Crippen LogP contribution in [0.4, 0.5) is 8.78 Å². The molecule has 2 nitrogen and oxygen atoms in total. The summed E-state index contributed by atoms with van der Waals surface area (Å²) in [6, 6.07) is 4.71. The van der Waals surface area contributed by atoms with E-state index >= 15 is 0 Å². The Morgan fingerprint density at radius 1 is 1.41 bits per heavy atom. The first-order valence-corrected chi connectivity index (χ1v) is 5.65. The van der Waals surface area contributed by atoms with Crippen LogP contribution in [0.3, 0.4) is 0 Å². The lowest BCUT2D eigenvalue weighted by atomic mass is 10.1. The van der Waals surface area contributed by atoms with Gasteiger partial charge < -0.3 is 0 Å². The van der Waals surface area contributed by atoms with Gasteiger partial charge in [0, 0.05) is 11.6 Å². The quantitative estimate of drug-likeness (QED) is 0.787. The number of rotatable bonds is 5. The van der Waals surface area contributed by atoms with E-state index in [2.05, 4.69) is 6.07 Å². The zero-order valence-electron chi connectivity index (χ0n) is 10.1. The second-order valence-electron chi connectivity index (χ2n) is 4.03. The molecule has 0 fully saturated rings. The topological polar surface area (TPSA) is 27.0 Å². The molecule has 0 aliphatic rings. The van der Waals surface area contributed by atoms with Crippen molar-refractivity contribution in [3.63, 3.8) is 0 Å². The molecule has 0 spiro atoms. The molecule has 0 heterocycles. The highest BCUT2D eigenvalue weighted by Crippen LogP contribution is 2.22. The first-order valence-electron chi connectivity index (χ1n) is 5.65. The minimum absolute atomic E-state index is 0.229. The molecule has 1 rings (SSSR count). The summed E-state index contributed by atoms with van der Waals surface area (Å²) >= 11 is 0. The van der Waals surface area contributed by atoms with Crippen molar-refractivity contribution >= 4 is 0 Å². The number of halogens is 2. The molecule has 0 amide bonds. The van der Waals surface area contributed by atoms with Crippen molar-refractivity contribution in [3.05, 3.63) is 35.4 Å². The van der Waals surface area contributed by atoms with Gasteiger partial charge in [0.15, 0.2) is 0 Å². The zero-order chi connectivity index (χ0) is 12.8. The molecule has 17 heavy (non-hydrogen) atoms. The fourth-order valence-electron chi connectivity index (χ4n) is 1.67. The average Bonchev–Trinajstić information content (AvgIpc) is 2.30. The summed E-state index contributed by atoms with van der Waals surface area (Å²) < 4.78 is 26.3. The Balaban J connectivity index is 2.90. The lowest BCUT2D eigenvalue weighted by molar-refractivity contribution is 0.281. The highest BCUT2D eigenvalue weighted by Gasteiger charge is 2.19. The second kappa shape index (κ2) is 6.31. The molecule has 0 radical (unpaired) electrons. The predicted molar refractivity (Wildman–Crippen MR) is 62.3 cm³/mol. The first kappa shape index (κ1) is 13.6. The molecule has 0 saturated heterocycles. The third-order valence-electron chi connectivity index (χ3n) is 2.68. The van der Waals surface area contributed by atoms with Crippen LogP contribution < -0.4 is 0 Å². The molecule has 1 aromatic rings. The predicted octanol–water partition coefficient (Wildman–Crippen LogP) is 3.26. The highest BCUT2D eigenvalue weighted by atomic mass is 19.1. The van der Waals surface area contributed by atoms with Gasteiger partial charge in [-0.15, -0.1) is 0 Å². The second-order valence-corrected chi connectivity index (χ2v) is 4.03. The van der Waals surface area contributed by atoms with Gasteiger partial charge in [0.2, 0.25) is 0 Å². The Bertz CT molecular complexity index is 412. The van der Waals surface area contributed by atoms with Crippen molar-refractivity contribution in [2.75, 3.05) is 13.6 Å².